The van der Waals surface area contributed by atoms with Gasteiger partial charge in [-0.15, -0.1) is 17.6 Å². The van der Waals surface area contributed by atoms with Crippen molar-refractivity contribution < 1.29 is 0 Å². The van der Waals surface area contributed by atoms with Crippen LogP contribution >= 0.6 is 12.4 Å². The van der Waals surface area contributed by atoms with Gasteiger partial charge in [0.1, 0.15) is 0 Å². The number of rotatable bonds is 3. The fraction of sp³-hybridized carbons (Fsp3) is 0.200. The zero-order valence-corrected chi connectivity index (χ0v) is 11.9. The highest BCUT2D eigenvalue weighted by atomic mass is 35.5. The maximum Gasteiger partial charge on any atom is 0.405 e. The zero-order chi connectivity index (χ0) is 8.81. The molecule has 0 nitrogen and oxygen atoms in total. The Balaban J connectivity index is 0.00000144. The Morgan fingerprint density at radius 1 is 1.31 bits per heavy atom. The molecule has 3 heteroatoms. The van der Waals surface area contributed by atoms with Gasteiger partial charge in [0.2, 0.25) is 0 Å². The molecule has 68 valence electrons. The molecule has 13 heavy (non-hydrogen) atoms. The van der Waals surface area contributed by atoms with Crippen LogP contribution in [0.5, 0.6) is 0 Å². The molecule has 0 spiro atoms. The molecule has 0 aliphatic rings. The molecule has 0 radical (unpaired) electrons. The van der Waals surface area contributed by atoms with Crippen molar-refractivity contribution in [3.8, 4) is 0 Å². The smallest absolute Gasteiger partial charge is 0.178 e. The molecule has 0 amide bonds. The minimum Gasteiger partial charge on any atom is -0.178 e. The van der Waals surface area contributed by atoms with Crippen molar-refractivity contribution in [1.29, 1.82) is 0 Å². The van der Waals surface area contributed by atoms with Crippen molar-refractivity contribution in [2.24, 2.45) is 0 Å². The second kappa shape index (κ2) is 7.62. The first-order chi connectivity index (χ1) is 5.83. The standard InChI is InChI=1S/C6H5.C4H9Si.ClH.Mg/c1-2-4-6-5-3-1;1-3-4(2)5;;/h1-5H;3H,5H2,1-2H3;1H;. The lowest BCUT2D eigenvalue weighted by Gasteiger charge is -1.97. The molecule has 0 unspecified atom stereocenters. The van der Waals surface area contributed by atoms with E-state index in [4.69, 9.17) is 0 Å². The normalized spacial score (nSPS) is 11.1. The predicted octanol–water partition coefficient (Wildman–Crippen LogP) is 1.45. The Morgan fingerprint density at radius 3 is 2.46 bits per heavy atom. The van der Waals surface area contributed by atoms with E-state index in [1.165, 1.54) is 0 Å². The molecule has 0 saturated carbocycles. The van der Waals surface area contributed by atoms with E-state index in [1.54, 1.807) is 8.89 Å². The van der Waals surface area contributed by atoms with Crippen molar-refractivity contribution in [2.75, 3.05) is 0 Å². The minimum atomic E-state index is 0. The second-order valence-electron chi connectivity index (χ2n) is 3.12. The highest BCUT2D eigenvalue weighted by Gasteiger charge is 1.98. The van der Waals surface area contributed by atoms with Gasteiger partial charge in [-0.1, -0.05) is 50.5 Å². The first-order valence-electron chi connectivity index (χ1n) is 4.48. The highest BCUT2D eigenvalue weighted by Crippen LogP contribution is 1.87. The van der Waals surface area contributed by atoms with Crippen LogP contribution in [-0.4, -0.2) is 26.8 Å². The van der Waals surface area contributed by atoms with E-state index in [9.17, 15) is 0 Å². The maximum absolute atomic E-state index is 2.28. The molecule has 0 saturated heterocycles. The van der Waals surface area contributed by atoms with E-state index in [0.29, 0.717) is 0 Å². The molecular formula is C10H15ClMgSi. The van der Waals surface area contributed by atoms with E-state index < -0.39 is 0 Å². The number of allylic oxidation sites excluding steroid dienone is 2. The average molecular weight is 223 g/mol. The third kappa shape index (κ3) is 5.52. The summed E-state index contributed by atoms with van der Waals surface area (Å²) in [7, 11) is 0.137. The van der Waals surface area contributed by atoms with Gasteiger partial charge in [-0.2, -0.15) is 3.69 Å². The molecule has 0 bridgehead atoms. The van der Waals surface area contributed by atoms with Crippen LogP contribution in [0.1, 0.15) is 13.8 Å². The molecule has 0 aliphatic heterocycles. The summed E-state index contributed by atoms with van der Waals surface area (Å²) in [4.78, 5) is 0. The van der Waals surface area contributed by atoms with Crippen molar-refractivity contribution in [3.05, 3.63) is 41.6 Å². The van der Waals surface area contributed by atoms with Crippen LogP contribution in [-0.2, 0) is 0 Å². The number of halogens is 1. The fourth-order valence-corrected chi connectivity index (χ4v) is 6.62. The van der Waals surface area contributed by atoms with Gasteiger partial charge in [-0.25, -0.2) is 0 Å². The lowest BCUT2D eigenvalue weighted by molar-refractivity contribution is 1.58. The van der Waals surface area contributed by atoms with Crippen molar-refractivity contribution in [3.63, 3.8) is 0 Å². The van der Waals surface area contributed by atoms with Gasteiger partial charge < -0.3 is 0 Å². The van der Waals surface area contributed by atoms with Crippen LogP contribution < -0.4 is 3.69 Å². The van der Waals surface area contributed by atoms with Crippen LogP contribution in [0.4, 0.5) is 0 Å². The summed E-state index contributed by atoms with van der Waals surface area (Å²) in [5.41, 5.74) is 0. The van der Waals surface area contributed by atoms with E-state index >= 15 is 0 Å². The Morgan fingerprint density at radius 2 is 1.92 bits per heavy atom. The number of benzene rings is 1. The van der Waals surface area contributed by atoms with Crippen LogP contribution in [0.25, 0.3) is 0 Å². The number of hydrogen-bond acceptors (Lipinski definition) is 0. The van der Waals surface area contributed by atoms with Gasteiger partial charge in [-0.3, -0.25) is 0 Å². The van der Waals surface area contributed by atoms with Crippen LogP contribution in [0.15, 0.2) is 41.6 Å². The third-order valence-corrected chi connectivity index (χ3v) is 9.49. The lowest BCUT2D eigenvalue weighted by atomic mass is 10.4. The highest BCUT2D eigenvalue weighted by molar-refractivity contribution is 7.10. The SMILES string of the molecule is CC=C(C)[SiH2][Mg][c]1ccccc1.Cl. The Kier molecular flexibility index (Phi) is 7.76. The van der Waals surface area contributed by atoms with Crippen molar-refractivity contribution in [1.82, 2.24) is 0 Å². The molecule has 0 fully saturated rings. The van der Waals surface area contributed by atoms with Crippen LogP contribution in [0, 0.1) is 0 Å². The Labute approximate surface area is 97.9 Å². The van der Waals surface area contributed by atoms with Crippen LogP contribution in [0.2, 0.25) is 0 Å². The predicted molar refractivity (Wildman–Crippen MR) is 67.1 cm³/mol. The summed E-state index contributed by atoms with van der Waals surface area (Å²) in [6.45, 7) is 4.43. The van der Waals surface area contributed by atoms with Gasteiger partial charge in [0.25, 0.3) is 0 Å². The minimum absolute atomic E-state index is 0. The average Bonchev–Trinajstić information content (AvgIpc) is 2.16. The van der Waals surface area contributed by atoms with Crippen LogP contribution in [0.3, 0.4) is 0 Å². The zero-order valence-electron chi connectivity index (χ0n) is 8.29. The fourth-order valence-electron chi connectivity index (χ4n) is 1.13. The number of hydrogen-bond donors (Lipinski definition) is 0. The van der Waals surface area contributed by atoms with Gasteiger partial charge in [0.15, 0.2) is 0 Å². The third-order valence-electron chi connectivity index (χ3n) is 2.14. The van der Waals surface area contributed by atoms with Crippen molar-refractivity contribution in [2.45, 2.75) is 13.8 Å². The lowest BCUT2D eigenvalue weighted by Crippen LogP contribution is -2.20. The van der Waals surface area contributed by atoms with Gasteiger partial charge in [0.05, 0.1) is 0 Å². The van der Waals surface area contributed by atoms with E-state index in [-0.39, 0.29) is 39.2 Å². The maximum atomic E-state index is 2.28. The molecule has 0 atom stereocenters. The molecular weight excluding hydrogens is 208 g/mol. The van der Waals surface area contributed by atoms with E-state index in [0.717, 1.165) is 0 Å². The quantitative estimate of drug-likeness (QED) is 0.680. The summed E-state index contributed by atoms with van der Waals surface area (Å²) in [6, 6.07) is 11.0. The van der Waals surface area contributed by atoms with Gasteiger partial charge in [-0.05, 0) is 6.92 Å². The van der Waals surface area contributed by atoms with Gasteiger partial charge in [0, 0.05) is 0 Å². The summed E-state index contributed by atoms with van der Waals surface area (Å²) < 4.78 is 1.63. The molecule has 1 rings (SSSR count). The Bertz CT molecular complexity index is 259. The molecule has 1 aromatic rings. The first kappa shape index (κ1) is 13.2. The first-order valence-corrected chi connectivity index (χ1v) is 9.90. The topological polar surface area (TPSA) is 0 Å². The molecule has 0 aromatic heterocycles. The molecule has 0 heterocycles. The second-order valence-corrected chi connectivity index (χ2v) is 9.05. The summed E-state index contributed by atoms with van der Waals surface area (Å²) in [6.07, 6.45) is 2.28. The summed E-state index contributed by atoms with van der Waals surface area (Å²) in [5, 5.41) is 1.67. The molecule has 0 aliphatic carbocycles. The molecule has 1 aromatic carbocycles. The Hall–Kier alpha value is 0.233. The summed E-state index contributed by atoms with van der Waals surface area (Å²) >= 11 is 0.101. The van der Waals surface area contributed by atoms with Gasteiger partial charge >= 0.3 is 19.6 Å². The molecule has 0 N–H and O–H groups in total. The monoisotopic (exact) mass is 222 g/mol. The largest absolute Gasteiger partial charge is 0.405 e. The summed E-state index contributed by atoms with van der Waals surface area (Å²) in [5.74, 6) is 0. The van der Waals surface area contributed by atoms with E-state index in [1.807, 2.05) is 0 Å². The van der Waals surface area contributed by atoms with Crippen molar-refractivity contribution >= 4 is 42.9 Å². The van der Waals surface area contributed by atoms with E-state index in [2.05, 4.69) is 50.3 Å².